The minimum atomic E-state index is -0.0819. The predicted octanol–water partition coefficient (Wildman–Crippen LogP) is 3.39. The summed E-state index contributed by atoms with van der Waals surface area (Å²) >= 11 is 0. The first-order valence-corrected chi connectivity index (χ1v) is 6.12. The van der Waals surface area contributed by atoms with E-state index in [1.165, 1.54) is 6.07 Å². The Balaban J connectivity index is 2.52. The van der Waals surface area contributed by atoms with E-state index in [-0.39, 0.29) is 5.82 Å². The second-order valence-corrected chi connectivity index (χ2v) is 4.54. The van der Waals surface area contributed by atoms with Gasteiger partial charge in [-0.05, 0) is 36.9 Å². The van der Waals surface area contributed by atoms with Gasteiger partial charge in [-0.2, -0.15) is 0 Å². The molecular weight excluding hydrogens is 201 g/mol. The molecule has 90 valence electrons. The molecule has 1 N–H and O–H groups in total. The lowest BCUT2D eigenvalue weighted by atomic mass is 9.96. The smallest absolute Gasteiger partial charge is 0.126 e. The van der Waals surface area contributed by atoms with E-state index < -0.39 is 0 Å². The van der Waals surface area contributed by atoms with Crippen LogP contribution in [0.25, 0.3) is 0 Å². The van der Waals surface area contributed by atoms with Gasteiger partial charge in [0.2, 0.25) is 0 Å². The normalized spacial score (nSPS) is 13.1. The number of nitrogens with one attached hydrogen (secondary N) is 1. The summed E-state index contributed by atoms with van der Waals surface area (Å²) in [5, 5.41) is 3.45. The minimum Gasteiger partial charge on any atom is -0.314 e. The average molecular weight is 223 g/mol. The Morgan fingerprint density at radius 3 is 2.50 bits per heavy atom. The molecule has 1 aromatic rings. The van der Waals surface area contributed by atoms with Crippen molar-refractivity contribution in [3.05, 3.63) is 35.6 Å². The zero-order chi connectivity index (χ0) is 12.0. The van der Waals surface area contributed by atoms with Gasteiger partial charge in [-0.1, -0.05) is 39.0 Å². The highest BCUT2D eigenvalue weighted by Gasteiger charge is 2.12. The zero-order valence-corrected chi connectivity index (χ0v) is 10.5. The number of halogens is 1. The van der Waals surface area contributed by atoms with Crippen LogP contribution in [0.15, 0.2) is 24.3 Å². The van der Waals surface area contributed by atoms with Crippen molar-refractivity contribution in [3.63, 3.8) is 0 Å². The van der Waals surface area contributed by atoms with Crippen LogP contribution in [0.5, 0.6) is 0 Å². The van der Waals surface area contributed by atoms with Crippen LogP contribution in [0, 0.1) is 11.7 Å². The SMILES string of the molecule is CCNC(CCc1ccccc1F)C(C)C. The standard InChI is InChI=1S/C14H22FN/c1-4-16-14(11(2)3)10-9-12-7-5-6-8-13(12)15/h5-8,11,14,16H,4,9-10H2,1-3H3. The molecule has 0 heterocycles. The average Bonchev–Trinajstić information content (AvgIpc) is 2.26. The highest BCUT2D eigenvalue weighted by molar-refractivity contribution is 5.17. The summed E-state index contributed by atoms with van der Waals surface area (Å²) in [5.41, 5.74) is 0.825. The number of hydrogen-bond acceptors (Lipinski definition) is 1. The molecule has 0 bridgehead atoms. The molecule has 1 unspecified atom stereocenters. The molecule has 0 aromatic heterocycles. The van der Waals surface area contributed by atoms with Gasteiger partial charge in [-0.15, -0.1) is 0 Å². The molecule has 1 aromatic carbocycles. The van der Waals surface area contributed by atoms with E-state index in [4.69, 9.17) is 0 Å². The lowest BCUT2D eigenvalue weighted by Crippen LogP contribution is -2.34. The minimum absolute atomic E-state index is 0.0819. The van der Waals surface area contributed by atoms with Gasteiger partial charge in [0.25, 0.3) is 0 Å². The molecule has 1 nitrogen and oxygen atoms in total. The molecule has 16 heavy (non-hydrogen) atoms. The molecule has 0 aliphatic heterocycles. The lowest BCUT2D eigenvalue weighted by molar-refractivity contribution is 0.383. The van der Waals surface area contributed by atoms with Crippen molar-refractivity contribution in [1.29, 1.82) is 0 Å². The maximum atomic E-state index is 13.4. The topological polar surface area (TPSA) is 12.0 Å². The van der Waals surface area contributed by atoms with Gasteiger partial charge in [0.05, 0.1) is 0 Å². The van der Waals surface area contributed by atoms with E-state index in [2.05, 4.69) is 26.1 Å². The van der Waals surface area contributed by atoms with Crippen molar-refractivity contribution < 1.29 is 4.39 Å². The molecule has 0 spiro atoms. The molecular formula is C14H22FN. The van der Waals surface area contributed by atoms with Crippen molar-refractivity contribution >= 4 is 0 Å². The monoisotopic (exact) mass is 223 g/mol. The van der Waals surface area contributed by atoms with Gasteiger partial charge in [-0.25, -0.2) is 4.39 Å². The molecule has 0 radical (unpaired) electrons. The third kappa shape index (κ3) is 3.93. The Labute approximate surface area is 98.1 Å². The summed E-state index contributed by atoms with van der Waals surface area (Å²) in [6.07, 6.45) is 1.80. The van der Waals surface area contributed by atoms with E-state index in [1.807, 2.05) is 12.1 Å². The van der Waals surface area contributed by atoms with Gasteiger partial charge >= 0.3 is 0 Å². The second kappa shape index (κ2) is 6.64. The fourth-order valence-electron chi connectivity index (χ4n) is 1.95. The van der Waals surface area contributed by atoms with Gasteiger partial charge in [0.1, 0.15) is 5.82 Å². The summed E-state index contributed by atoms with van der Waals surface area (Å²) in [4.78, 5) is 0. The molecule has 0 amide bonds. The van der Waals surface area contributed by atoms with Gasteiger partial charge in [0, 0.05) is 6.04 Å². The van der Waals surface area contributed by atoms with E-state index in [0.29, 0.717) is 12.0 Å². The van der Waals surface area contributed by atoms with Crippen molar-refractivity contribution in [1.82, 2.24) is 5.32 Å². The van der Waals surface area contributed by atoms with Crippen LogP contribution in [0.3, 0.4) is 0 Å². The molecule has 0 aliphatic carbocycles. The van der Waals surface area contributed by atoms with Crippen molar-refractivity contribution in [2.24, 2.45) is 5.92 Å². The number of benzene rings is 1. The van der Waals surface area contributed by atoms with Crippen LogP contribution >= 0.6 is 0 Å². The maximum Gasteiger partial charge on any atom is 0.126 e. The molecule has 1 rings (SSSR count). The largest absolute Gasteiger partial charge is 0.314 e. The highest BCUT2D eigenvalue weighted by atomic mass is 19.1. The van der Waals surface area contributed by atoms with Crippen LogP contribution in [-0.2, 0) is 6.42 Å². The summed E-state index contributed by atoms with van der Waals surface area (Å²) in [7, 11) is 0. The fraction of sp³-hybridized carbons (Fsp3) is 0.571. The van der Waals surface area contributed by atoms with E-state index >= 15 is 0 Å². The Kier molecular flexibility index (Phi) is 5.47. The van der Waals surface area contributed by atoms with Crippen molar-refractivity contribution in [2.45, 2.75) is 39.7 Å². The highest BCUT2D eigenvalue weighted by Crippen LogP contribution is 2.13. The Morgan fingerprint density at radius 1 is 1.25 bits per heavy atom. The molecule has 1 atom stereocenters. The van der Waals surface area contributed by atoms with Gasteiger partial charge in [-0.3, -0.25) is 0 Å². The first-order chi connectivity index (χ1) is 7.65. The second-order valence-electron chi connectivity index (χ2n) is 4.54. The van der Waals surface area contributed by atoms with E-state index in [0.717, 1.165) is 24.9 Å². The Hall–Kier alpha value is -0.890. The van der Waals surface area contributed by atoms with Crippen molar-refractivity contribution in [3.8, 4) is 0 Å². The van der Waals surface area contributed by atoms with Crippen LogP contribution in [-0.4, -0.2) is 12.6 Å². The maximum absolute atomic E-state index is 13.4. The summed E-state index contributed by atoms with van der Waals surface area (Å²) in [5.74, 6) is 0.508. The quantitative estimate of drug-likeness (QED) is 0.779. The number of hydrogen-bond donors (Lipinski definition) is 1. The molecule has 2 heteroatoms. The van der Waals surface area contributed by atoms with Crippen molar-refractivity contribution in [2.75, 3.05) is 6.54 Å². The van der Waals surface area contributed by atoms with Gasteiger partial charge in [0.15, 0.2) is 0 Å². The zero-order valence-electron chi connectivity index (χ0n) is 10.5. The third-order valence-electron chi connectivity index (χ3n) is 2.95. The van der Waals surface area contributed by atoms with E-state index in [1.54, 1.807) is 6.07 Å². The van der Waals surface area contributed by atoms with Crippen LogP contribution in [0.1, 0.15) is 32.8 Å². The molecule has 0 fully saturated rings. The Bertz CT molecular complexity index is 309. The van der Waals surface area contributed by atoms with Crippen LogP contribution in [0.4, 0.5) is 4.39 Å². The number of aryl methyl sites for hydroxylation is 1. The first kappa shape index (κ1) is 13.2. The molecule has 0 aliphatic rings. The lowest BCUT2D eigenvalue weighted by Gasteiger charge is -2.21. The summed E-state index contributed by atoms with van der Waals surface area (Å²) in [6, 6.07) is 7.52. The third-order valence-corrected chi connectivity index (χ3v) is 2.95. The van der Waals surface area contributed by atoms with Crippen LogP contribution in [0.2, 0.25) is 0 Å². The predicted molar refractivity (Wildman–Crippen MR) is 67.0 cm³/mol. The fourth-order valence-corrected chi connectivity index (χ4v) is 1.95. The first-order valence-electron chi connectivity index (χ1n) is 6.12. The van der Waals surface area contributed by atoms with Crippen LogP contribution < -0.4 is 5.32 Å². The molecule has 0 saturated carbocycles. The summed E-state index contributed by atoms with van der Waals surface area (Å²) in [6.45, 7) is 7.49. The Morgan fingerprint density at radius 2 is 1.94 bits per heavy atom. The molecule has 0 saturated heterocycles. The van der Waals surface area contributed by atoms with E-state index in [9.17, 15) is 4.39 Å². The summed E-state index contributed by atoms with van der Waals surface area (Å²) < 4.78 is 13.4. The van der Waals surface area contributed by atoms with Gasteiger partial charge < -0.3 is 5.32 Å². The number of rotatable bonds is 6.